The third-order valence-electron chi connectivity index (χ3n) is 1.47. The van der Waals surface area contributed by atoms with Gasteiger partial charge in [0.25, 0.3) is 0 Å². The molecule has 0 spiro atoms. The third-order valence-corrected chi connectivity index (χ3v) is 1.47. The van der Waals surface area contributed by atoms with E-state index in [2.05, 4.69) is 0 Å². The topological polar surface area (TPSA) is 57.5 Å². The summed E-state index contributed by atoms with van der Waals surface area (Å²) in [6, 6.07) is 0. The summed E-state index contributed by atoms with van der Waals surface area (Å²) in [4.78, 5) is 10.1. The molecule has 0 aromatic heterocycles. The van der Waals surface area contributed by atoms with Crippen LogP contribution in [0.2, 0.25) is 0 Å². The van der Waals surface area contributed by atoms with Gasteiger partial charge in [0, 0.05) is 0 Å². The van der Waals surface area contributed by atoms with Gasteiger partial charge in [-0.15, -0.1) is 0 Å². The fourth-order valence-corrected chi connectivity index (χ4v) is 0.144. The molecule has 0 amide bonds. The molecule has 3 heteroatoms. The first-order chi connectivity index (χ1) is 3.81. The van der Waals surface area contributed by atoms with Crippen LogP contribution >= 0.6 is 0 Å². The Morgan fingerprint density at radius 3 is 1.56 bits per heavy atom. The lowest BCUT2D eigenvalue weighted by Gasteiger charge is -2.29. The quantitative estimate of drug-likeness (QED) is 0.507. The maximum absolute atomic E-state index is 10.1. The molecule has 3 nitrogen and oxygen atoms in total. The molecule has 0 saturated carbocycles. The van der Waals surface area contributed by atoms with Gasteiger partial charge < -0.3 is 15.0 Å². The molecule has 54 valence electrons. The second kappa shape index (κ2) is 2.08. The molecule has 0 rings (SSSR count). The predicted octanol–water partition coefficient (Wildman–Crippen LogP) is -0.293. The molecule has 0 radical (unpaired) electrons. The number of rotatable bonds is 2. The van der Waals surface area contributed by atoms with Crippen LogP contribution in [0.25, 0.3) is 0 Å². The Morgan fingerprint density at radius 1 is 1.22 bits per heavy atom. The van der Waals surface area contributed by atoms with Crippen molar-refractivity contribution in [3.05, 3.63) is 0 Å². The highest BCUT2D eigenvalue weighted by Gasteiger charge is 2.36. The van der Waals surface area contributed by atoms with Crippen LogP contribution in [0.4, 0.5) is 0 Å². The summed E-state index contributed by atoms with van der Waals surface area (Å²) >= 11 is 0. The smallest absolute Gasteiger partial charge is 0.154 e. The standard InChI is InChI=1S/C6H12O3/c1-5(2,8)6(3,9)4-7/h4,8-9H,1-3H3. The summed E-state index contributed by atoms with van der Waals surface area (Å²) in [6.07, 6.45) is 0.326. The van der Waals surface area contributed by atoms with Gasteiger partial charge in [0.1, 0.15) is 5.60 Å². The molecule has 2 N–H and O–H groups in total. The van der Waals surface area contributed by atoms with Crippen molar-refractivity contribution in [1.29, 1.82) is 0 Å². The van der Waals surface area contributed by atoms with E-state index in [0.717, 1.165) is 0 Å². The number of aldehydes is 1. The first-order valence-electron chi connectivity index (χ1n) is 2.72. The van der Waals surface area contributed by atoms with Gasteiger partial charge in [-0.1, -0.05) is 0 Å². The maximum atomic E-state index is 10.1. The zero-order valence-corrected chi connectivity index (χ0v) is 5.88. The molecule has 1 atom stereocenters. The van der Waals surface area contributed by atoms with Crippen LogP contribution in [0, 0.1) is 0 Å². The van der Waals surface area contributed by atoms with Crippen molar-refractivity contribution in [2.45, 2.75) is 32.0 Å². The molecule has 0 aliphatic rings. The molecule has 0 aromatic carbocycles. The highest BCUT2D eigenvalue weighted by atomic mass is 16.4. The summed E-state index contributed by atoms with van der Waals surface area (Å²) in [6.45, 7) is 4.02. The minimum Gasteiger partial charge on any atom is -0.387 e. The molecule has 0 aliphatic carbocycles. The fourth-order valence-electron chi connectivity index (χ4n) is 0.144. The Hall–Kier alpha value is -0.410. The normalized spacial score (nSPS) is 18.8. The summed E-state index contributed by atoms with van der Waals surface area (Å²) < 4.78 is 0. The van der Waals surface area contributed by atoms with E-state index < -0.39 is 11.2 Å². The number of carbonyl (C=O) groups excluding carboxylic acids is 1. The first-order valence-corrected chi connectivity index (χ1v) is 2.72. The zero-order valence-electron chi connectivity index (χ0n) is 5.88. The SMILES string of the molecule is CC(C)(O)C(C)(O)C=O. The zero-order chi connectivity index (χ0) is 7.71. The van der Waals surface area contributed by atoms with E-state index in [-0.39, 0.29) is 0 Å². The van der Waals surface area contributed by atoms with Gasteiger partial charge in [0.2, 0.25) is 0 Å². The highest BCUT2D eigenvalue weighted by molar-refractivity contribution is 5.63. The van der Waals surface area contributed by atoms with Gasteiger partial charge in [0.05, 0.1) is 5.60 Å². The number of aliphatic hydroxyl groups is 2. The average molecular weight is 132 g/mol. The van der Waals surface area contributed by atoms with Crippen LogP contribution in [-0.4, -0.2) is 27.7 Å². The fraction of sp³-hybridized carbons (Fsp3) is 0.833. The Morgan fingerprint density at radius 2 is 1.56 bits per heavy atom. The minimum absolute atomic E-state index is 0.326. The van der Waals surface area contributed by atoms with Crippen LogP contribution in [-0.2, 0) is 4.79 Å². The van der Waals surface area contributed by atoms with Crippen molar-refractivity contribution >= 4 is 6.29 Å². The molecule has 0 aliphatic heterocycles. The number of hydrogen-bond acceptors (Lipinski definition) is 3. The molecule has 0 aromatic rings. The second-order valence-electron chi connectivity index (χ2n) is 2.82. The van der Waals surface area contributed by atoms with Gasteiger partial charge >= 0.3 is 0 Å². The van der Waals surface area contributed by atoms with E-state index in [1.165, 1.54) is 20.8 Å². The van der Waals surface area contributed by atoms with Crippen molar-refractivity contribution in [3.8, 4) is 0 Å². The molecule has 1 unspecified atom stereocenters. The Bertz CT molecular complexity index is 110. The molecular weight excluding hydrogens is 120 g/mol. The van der Waals surface area contributed by atoms with E-state index in [1.54, 1.807) is 0 Å². The summed E-state index contributed by atoms with van der Waals surface area (Å²) in [7, 11) is 0. The Kier molecular flexibility index (Phi) is 1.98. The van der Waals surface area contributed by atoms with E-state index in [9.17, 15) is 4.79 Å². The van der Waals surface area contributed by atoms with Crippen molar-refractivity contribution in [3.63, 3.8) is 0 Å². The lowest BCUT2D eigenvalue weighted by Crippen LogP contribution is -2.48. The first kappa shape index (κ1) is 8.59. The highest BCUT2D eigenvalue weighted by Crippen LogP contribution is 2.17. The van der Waals surface area contributed by atoms with Gasteiger partial charge in [0.15, 0.2) is 6.29 Å². The molecule has 0 heterocycles. The molecule has 9 heavy (non-hydrogen) atoms. The maximum Gasteiger partial charge on any atom is 0.154 e. The van der Waals surface area contributed by atoms with Crippen LogP contribution in [0.3, 0.4) is 0 Å². The monoisotopic (exact) mass is 132 g/mol. The lowest BCUT2D eigenvalue weighted by atomic mass is 9.89. The van der Waals surface area contributed by atoms with Gasteiger partial charge in [-0.05, 0) is 20.8 Å². The van der Waals surface area contributed by atoms with Crippen molar-refractivity contribution in [2.75, 3.05) is 0 Å². The molecular formula is C6H12O3. The minimum atomic E-state index is -1.65. The lowest BCUT2D eigenvalue weighted by molar-refractivity contribution is -0.148. The molecule has 0 bridgehead atoms. The second-order valence-corrected chi connectivity index (χ2v) is 2.82. The van der Waals surface area contributed by atoms with E-state index in [4.69, 9.17) is 10.2 Å². The largest absolute Gasteiger partial charge is 0.387 e. The number of carbonyl (C=O) groups is 1. The van der Waals surface area contributed by atoms with Gasteiger partial charge in [-0.3, -0.25) is 0 Å². The van der Waals surface area contributed by atoms with Crippen LogP contribution in [0.15, 0.2) is 0 Å². The van der Waals surface area contributed by atoms with E-state index in [1.807, 2.05) is 0 Å². The number of hydrogen-bond donors (Lipinski definition) is 2. The Balaban J connectivity index is 4.32. The van der Waals surface area contributed by atoms with Crippen LogP contribution in [0.1, 0.15) is 20.8 Å². The van der Waals surface area contributed by atoms with Crippen molar-refractivity contribution in [1.82, 2.24) is 0 Å². The summed E-state index contributed by atoms with van der Waals surface area (Å²) in [5.41, 5.74) is -3.01. The molecule has 0 saturated heterocycles. The molecule has 0 fully saturated rings. The summed E-state index contributed by atoms with van der Waals surface area (Å²) in [5, 5.41) is 18.1. The van der Waals surface area contributed by atoms with E-state index >= 15 is 0 Å². The van der Waals surface area contributed by atoms with Crippen LogP contribution < -0.4 is 0 Å². The van der Waals surface area contributed by atoms with Crippen molar-refractivity contribution < 1.29 is 15.0 Å². The van der Waals surface area contributed by atoms with Gasteiger partial charge in [-0.2, -0.15) is 0 Å². The summed E-state index contributed by atoms with van der Waals surface area (Å²) in [5.74, 6) is 0. The third kappa shape index (κ3) is 1.77. The van der Waals surface area contributed by atoms with E-state index in [0.29, 0.717) is 6.29 Å². The predicted molar refractivity (Wildman–Crippen MR) is 33.0 cm³/mol. The van der Waals surface area contributed by atoms with Gasteiger partial charge in [-0.25, -0.2) is 0 Å². The van der Waals surface area contributed by atoms with Crippen LogP contribution in [0.5, 0.6) is 0 Å². The van der Waals surface area contributed by atoms with Crippen molar-refractivity contribution in [2.24, 2.45) is 0 Å². The average Bonchev–Trinajstić information content (AvgIpc) is 1.64. The Labute approximate surface area is 54.3 Å².